The van der Waals surface area contributed by atoms with Crippen LogP contribution in [0.25, 0.3) is 0 Å². The minimum Gasteiger partial charge on any atom is -0.478 e. The van der Waals surface area contributed by atoms with Gasteiger partial charge in [0.1, 0.15) is 0 Å². The lowest BCUT2D eigenvalue weighted by atomic mass is 10.2. The maximum absolute atomic E-state index is 10.7. The van der Waals surface area contributed by atoms with Crippen molar-refractivity contribution in [2.45, 2.75) is 26.4 Å². The van der Waals surface area contributed by atoms with Crippen LogP contribution in [0.2, 0.25) is 0 Å². The number of hydrogen-bond acceptors (Lipinski definition) is 4. The first-order chi connectivity index (χ1) is 9.60. The van der Waals surface area contributed by atoms with Crippen LogP contribution < -0.4 is 5.32 Å². The quantitative estimate of drug-likeness (QED) is 0.831. The molecule has 2 heterocycles. The van der Waals surface area contributed by atoms with Gasteiger partial charge in [-0.1, -0.05) is 6.92 Å². The van der Waals surface area contributed by atoms with Crippen molar-refractivity contribution in [3.63, 3.8) is 0 Å². The molecule has 106 valence electrons. The normalized spacial score (nSPS) is 10.7. The third-order valence-corrected chi connectivity index (χ3v) is 3.02. The van der Waals surface area contributed by atoms with Gasteiger partial charge in [-0.25, -0.2) is 4.79 Å². The Kier molecular flexibility index (Phi) is 4.47. The summed E-state index contributed by atoms with van der Waals surface area (Å²) >= 11 is 0. The molecule has 0 atom stereocenters. The van der Waals surface area contributed by atoms with Crippen molar-refractivity contribution in [2.75, 3.05) is 0 Å². The summed E-state index contributed by atoms with van der Waals surface area (Å²) in [4.78, 5) is 14.8. The molecule has 0 saturated heterocycles. The minimum atomic E-state index is -0.958. The lowest BCUT2D eigenvalue weighted by Crippen LogP contribution is -2.14. The molecule has 0 amide bonds. The van der Waals surface area contributed by atoms with Crippen molar-refractivity contribution in [3.05, 3.63) is 47.0 Å². The van der Waals surface area contributed by atoms with E-state index >= 15 is 0 Å². The molecule has 0 saturated carbocycles. The second-order valence-corrected chi connectivity index (χ2v) is 4.58. The monoisotopic (exact) mass is 274 g/mol. The average Bonchev–Trinajstić information content (AvgIpc) is 2.79. The van der Waals surface area contributed by atoms with Gasteiger partial charge in [0.05, 0.1) is 17.0 Å². The van der Waals surface area contributed by atoms with Crippen molar-refractivity contribution in [3.8, 4) is 0 Å². The molecule has 0 aliphatic rings. The molecule has 0 fully saturated rings. The molecule has 0 aromatic carbocycles. The van der Waals surface area contributed by atoms with Gasteiger partial charge in [-0.15, -0.1) is 0 Å². The summed E-state index contributed by atoms with van der Waals surface area (Å²) in [5, 5.41) is 16.5. The molecule has 0 radical (unpaired) electrons. The number of nitrogens with one attached hydrogen (secondary N) is 1. The smallest absolute Gasteiger partial charge is 0.337 e. The van der Waals surface area contributed by atoms with E-state index < -0.39 is 5.97 Å². The van der Waals surface area contributed by atoms with E-state index in [1.54, 1.807) is 12.1 Å². The molecule has 0 bridgehead atoms. The fourth-order valence-corrected chi connectivity index (χ4v) is 2.01. The van der Waals surface area contributed by atoms with Gasteiger partial charge in [-0.3, -0.25) is 9.67 Å². The first kappa shape index (κ1) is 14.2. The van der Waals surface area contributed by atoms with Crippen LogP contribution in [-0.4, -0.2) is 25.8 Å². The van der Waals surface area contributed by atoms with E-state index in [0.29, 0.717) is 6.54 Å². The fourth-order valence-electron chi connectivity index (χ4n) is 2.01. The maximum Gasteiger partial charge on any atom is 0.337 e. The Balaban J connectivity index is 1.90. The molecule has 0 aliphatic carbocycles. The Morgan fingerprint density at radius 1 is 1.40 bits per heavy atom. The van der Waals surface area contributed by atoms with Crippen LogP contribution in [-0.2, 0) is 26.6 Å². The number of pyridine rings is 1. The molecule has 2 N–H and O–H groups in total. The van der Waals surface area contributed by atoms with Crippen molar-refractivity contribution in [1.29, 1.82) is 0 Å². The number of aromatic carboxylic acids is 1. The van der Waals surface area contributed by atoms with Crippen LogP contribution in [0.1, 0.15) is 34.2 Å². The third-order valence-electron chi connectivity index (χ3n) is 3.02. The first-order valence-electron chi connectivity index (χ1n) is 6.50. The van der Waals surface area contributed by atoms with E-state index in [1.165, 1.54) is 11.8 Å². The van der Waals surface area contributed by atoms with Crippen LogP contribution in [0.15, 0.2) is 24.5 Å². The number of carboxylic acids is 1. The summed E-state index contributed by atoms with van der Waals surface area (Å²) in [6.45, 7) is 3.40. The highest BCUT2D eigenvalue weighted by Gasteiger charge is 2.06. The maximum atomic E-state index is 10.7. The highest BCUT2D eigenvalue weighted by Crippen LogP contribution is 2.07. The first-order valence-corrected chi connectivity index (χ1v) is 6.50. The molecule has 6 heteroatoms. The summed E-state index contributed by atoms with van der Waals surface area (Å²) in [6, 6.07) is 3.29. The van der Waals surface area contributed by atoms with Gasteiger partial charge < -0.3 is 10.4 Å². The lowest BCUT2D eigenvalue weighted by molar-refractivity contribution is 0.0696. The molecule has 0 unspecified atom stereocenters. The summed E-state index contributed by atoms with van der Waals surface area (Å²) < 4.78 is 1.82. The highest BCUT2D eigenvalue weighted by atomic mass is 16.4. The Morgan fingerprint density at radius 3 is 2.80 bits per heavy atom. The minimum absolute atomic E-state index is 0.203. The number of carboxylic acid groups (broad SMARTS) is 1. The molecule has 2 rings (SSSR count). The number of rotatable bonds is 6. The molecule has 2 aromatic heterocycles. The van der Waals surface area contributed by atoms with E-state index in [0.717, 1.165) is 24.4 Å². The topological polar surface area (TPSA) is 80.0 Å². The van der Waals surface area contributed by atoms with Crippen molar-refractivity contribution < 1.29 is 9.90 Å². The molecule has 0 spiro atoms. The van der Waals surface area contributed by atoms with Gasteiger partial charge in [0, 0.05) is 38.1 Å². The Bertz CT molecular complexity index is 590. The van der Waals surface area contributed by atoms with E-state index in [1.807, 2.05) is 17.9 Å². The van der Waals surface area contributed by atoms with Crippen LogP contribution in [0, 0.1) is 0 Å². The van der Waals surface area contributed by atoms with Crippen LogP contribution in [0.5, 0.6) is 0 Å². The predicted octanol–water partition coefficient (Wildman–Crippen LogP) is 1.37. The van der Waals surface area contributed by atoms with Crippen LogP contribution in [0.3, 0.4) is 0 Å². The van der Waals surface area contributed by atoms with Crippen LogP contribution in [0.4, 0.5) is 0 Å². The van der Waals surface area contributed by atoms with E-state index in [4.69, 9.17) is 5.11 Å². The SMILES string of the molecule is CCc1nn(C)cc1CNCc1ccc(C(=O)O)cn1. The second-order valence-electron chi connectivity index (χ2n) is 4.58. The molecular formula is C14H18N4O2. The lowest BCUT2D eigenvalue weighted by Gasteiger charge is -2.04. The zero-order valence-corrected chi connectivity index (χ0v) is 11.6. The van der Waals surface area contributed by atoms with E-state index in [2.05, 4.69) is 22.3 Å². The van der Waals surface area contributed by atoms with E-state index in [9.17, 15) is 4.79 Å². The Hall–Kier alpha value is -2.21. The van der Waals surface area contributed by atoms with Crippen molar-refractivity contribution >= 4 is 5.97 Å². The van der Waals surface area contributed by atoms with Gasteiger partial charge in [-0.2, -0.15) is 5.10 Å². The van der Waals surface area contributed by atoms with Crippen molar-refractivity contribution in [2.24, 2.45) is 7.05 Å². The zero-order chi connectivity index (χ0) is 14.5. The fraction of sp³-hybridized carbons (Fsp3) is 0.357. The van der Waals surface area contributed by atoms with Crippen molar-refractivity contribution in [1.82, 2.24) is 20.1 Å². The highest BCUT2D eigenvalue weighted by molar-refractivity contribution is 5.87. The molecule has 20 heavy (non-hydrogen) atoms. The molecular weight excluding hydrogens is 256 g/mol. The number of carbonyl (C=O) groups is 1. The van der Waals surface area contributed by atoms with Gasteiger partial charge in [0.25, 0.3) is 0 Å². The van der Waals surface area contributed by atoms with Gasteiger partial charge in [-0.05, 0) is 18.6 Å². The third kappa shape index (κ3) is 3.42. The molecule has 2 aromatic rings. The summed E-state index contributed by atoms with van der Waals surface area (Å²) in [5.41, 5.74) is 3.29. The van der Waals surface area contributed by atoms with Gasteiger partial charge in [0.2, 0.25) is 0 Å². The summed E-state index contributed by atoms with van der Waals surface area (Å²) in [7, 11) is 1.91. The van der Waals surface area contributed by atoms with Gasteiger partial charge in [0.15, 0.2) is 0 Å². The number of aromatic nitrogens is 3. The molecule has 6 nitrogen and oxygen atoms in total. The number of aryl methyl sites for hydroxylation is 2. The standard InChI is InChI=1S/C14H18N4O2/c1-3-13-11(9-18(2)17-13)6-15-8-12-5-4-10(7-16-12)14(19)20/h4-5,7,9,15H,3,6,8H2,1-2H3,(H,19,20). The number of hydrogen-bond donors (Lipinski definition) is 2. The Morgan fingerprint density at radius 2 is 2.20 bits per heavy atom. The molecule has 0 aliphatic heterocycles. The average molecular weight is 274 g/mol. The van der Waals surface area contributed by atoms with Gasteiger partial charge >= 0.3 is 5.97 Å². The predicted molar refractivity (Wildman–Crippen MR) is 74.3 cm³/mol. The largest absolute Gasteiger partial charge is 0.478 e. The summed E-state index contributed by atoms with van der Waals surface area (Å²) in [5.74, 6) is -0.958. The summed E-state index contributed by atoms with van der Waals surface area (Å²) in [6.07, 6.45) is 4.29. The second kappa shape index (κ2) is 6.29. The zero-order valence-electron chi connectivity index (χ0n) is 11.6. The Labute approximate surface area is 117 Å². The van der Waals surface area contributed by atoms with E-state index in [-0.39, 0.29) is 5.56 Å². The van der Waals surface area contributed by atoms with Crippen LogP contribution >= 0.6 is 0 Å². The number of nitrogens with zero attached hydrogens (tertiary/aromatic N) is 3.